The van der Waals surface area contributed by atoms with Gasteiger partial charge >= 0.3 is 0 Å². The molecule has 1 amide bonds. The molecule has 1 heterocycles. The largest absolute Gasteiger partial charge is 0.393 e. The molecule has 1 aliphatic carbocycles. The Labute approximate surface area is 192 Å². The van der Waals surface area contributed by atoms with Crippen LogP contribution in [-0.2, 0) is 27.5 Å². The number of hydrogen-bond acceptors (Lipinski definition) is 5. The van der Waals surface area contributed by atoms with Crippen LogP contribution in [0.1, 0.15) is 41.7 Å². The first-order chi connectivity index (χ1) is 15.6. The highest BCUT2D eigenvalue weighted by atomic mass is 32.2. The fourth-order valence-corrected chi connectivity index (χ4v) is 6.96. The van der Waals surface area contributed by atoms with Gasteiger partial charge in [0.15, 0.2) is 9.84 Å². The minimum atomic E-state index is -3.67. The number of benzene rings is 2. The zero-order chi connectivity index (χ0) is 23.8. The lowest BCUT2D eigenvalue weighted by Gasteiger charge is -2.35. The van der Waals surface area contributed by atoms with Crippen molar-refractivity contribution in [1.82, 2.24) is 10.6 Å². The molecular weight excluding hydrogens is 450 g/mol. The molecule has 1 saturated heterocycles. The van der Waals surface area contributed by atoms with Gasteiger partial charge < -0.3 is 15.7 Å². The number of rotatable bonds is 6. The van der Waals surface area contributed by atoms with Crippen LogP contribution in [0.2, 0.25) is 0 Å². The van der Waals surface area contributed by atoms with Gasteiger partial charge in [-0.2, -0.15) is 0 Å². The van der Waals surface area contributed by atoms with Gasteiger partial charge in [0.1, 0.15) is 11.6 Å². The molecule has 3 N–H and O–H groups in total. The molecule has 2 aliphatic rings. The minimum absolute atomic E-state index is 0.0327. The van der Waals surface area contributed by atoms with Crippen molar-refractivity contribution in [3.05, 3.63) is 70.8 Å². The van der Waals surface area contributed by atoms with Gasteiger partial charge in [0.05, 0.1) is 23.0 Å². The smallest absolute Gasteiger partial charge is 0.224 e. The van der Waals surface area contributed by atoms with E-state index in [1.165, 1.54) is 0 Å². The summed E-state index contributed by atoms with van der Waals surface area (Å²) in [5, 5.41) is 13.5. The maximum atomic E-state index is 14.9. The first kappa shape index (κ1) is 23.8. The Kier molecular flexibility index (Phi) is 6.83. The normalized spacial score (nSPS) is 28.7. The summed E-state index contributed by atoms with van der Waals surface area (Å²) in [5.41, 5.74) is 0.539. The molecule has 2 aromatic rings. The third-order valence-corrected chi connectivity index (χ3v) is 9.29. The van der Waals surface area contributed by atoms with Crippen LogP contribution in [0.4, 0.5) is 8.78 Å². The Bertz CT molecular complexity index is 1120. The molecule has 33 heavy (non-hydrogen) atoms. The van der Waals surface area contributed by atoms with E-state index in [-0.39, 0.29) is 36.6 Å². The van der Waals surface area contributed by atoms with Crippen molar-refractivity contribution < 1.29 is 27.1 Å². The summed E-state index contributed by atoms with van der Waals surface area (Å²) in [7, 11) is -3.67. The third-order valence-electron chi connectivity index (χ3n) is 6.64. The predicted molar refractivity (Wildman–Crippen MR) is 120 cm³/mol. The van der Waals surface area contributed by atoms with Crippen molar-refractivity contribution in [1.29, 1.82) is 0 Å². The standard InChI is InChI=1S/C24H28F2N2O4S/c1-14-22(33(31,32)23(13-27-14)15-5-3-2-4-6-15)9-16-7-21(26)17(8-20(16)25)10-24(30)28-18-11-19(29)12-18/h2-8,14,18-19,22-23,27,29H,9-13H2,1H3,(H,28,30)/t14-,18?,19?,22?,23-/m0/s1. The van der Waals surface area contributed by atoms with Crippen LogP contribution < -0.4 is 10.6 Å². The van der Waals surface area contributed by atoms with E-state index in [2.05, 4.69) is 10.6 Å². The fraction of sp³-hybridized carbons (Fsp3) is 0.458. The Morgan fingerprint density at radius 2 is 1.76 bits per heavy atom. The lowest BCUT2D eigenvalue weighted by atomic mass is 9.89. The average molecular weight is 479 g/mol. The van der Waals surface area contributed by atoms with E-state index in [1.54, 1.807) is 31.2 Å². The van der Waals surface area contributed by atoms with E-state index in [0.717, 1.165) is 12.1 Å². The number of carbonyl (C=O) groups is 1. The van der Waals surface area contributed by atoms with Crippen LogP contribution in [0.25, 0.3) is 0 Å². The number of sulfone groups is 1. The molecule has 178 valence electrons. The van der Waals surface area contributed by atoms with E-state index in [4.69, 9.17) is 0 Å². The summed E-state index contributed by atoms with van der Waals surface area (Å²) >= 11 is 0. The van der Waals surface area contributed by atoms with Gasteiger partial charge in [-0.15, -0.1) is 0 Å². The van der Waals surface area contributed by atoms with Crippen molar-refractivity contribution in [2.24, 2.45) is 0 Å². The summed E-state index contributed by atoms with van der Waals surface area (Å²) in [4.78, 5) is 12.1. The van der Waals surface area contributed by atoms with Gasteiger partial charge in [0, 0.05) is 24.2 Å². The van der Waals surface area contributed by atoms with Crippen LogP contribution in [0.15, 0.2) is 42.5 Å². The Hall–Kier alpha value is -2.36. The number of hydrogen-bond donors (Lipinski definition) is 3. The fourth-order valence-electron chi connectivity index (χ4n) is 4.60. The van der Waals surface area contributed by atoms with Crippen molar-refractivity contribution in [3.63, 3.8) is 0 Å². The molecule has 0 radical (unpaired) electrons. The number of aliphatic hydroxyl groups is 1. The van der Waals surface area contributed by atoms with Gasteiger partial charge in [0.25, 0.3) is 0 Å². The SMILES string of the molecule is C[C@@H]1NC[C@@H](c2ccccc2)S(=O)(=O)C1Cc1cc(F)c(CC(=O)NC2CC(O)C2)cc1F. The Morgan fingerprint density at radius 1 is 1.12 bits per heavy atom. The molecule has 2 fully saturated rings. The van der Waals surface area contributed by atoms with E-state index >= 15 is 0 Å². The van der Waals surface area contributed by atoms with Crippen LogP contribution in [0.5, 0.6) is 0 Å². The number of aliphatic hydroxyl groups excluding tert-OH is 1. The maximum absolute atomic E-state index is 14.9. The topological polar surface area (TPSA) is 95.5 Å². The summed E-state index contributed by atoms with van der Waals surface area (Å²) in [6.07, 6.45) is -0.0279. The summed E-state index contributed by atoms with van der Waals surface area (Å²) < 4.78 is 56.3. The highest BCUT2D eigenvalue weighted by molar-refractivity contribution is 7.92. The van der Waals surface area contributed by atoms with Gasteiger partial charge in [-0.05, 0) is 49.4 Å². The highest BCUT2D eigenvalue weighted by Crippen LogP contribution is 2.33. The second-order valence-electron chi connectivity index (χ2n) is 9.03. The first-order valence-electron chi connectivity index (χ1n) is 11.1. The number of amides is 1. The highest BCUT2D eigenvalue weighted by Gasteiger charge is 2.42. The van der Waals surface area contributed by atoms with E-state index < -0.39 is 50.0 Å². The van der Waals surface area contributed by atoms with E-state index in [0.29, 0.717) is 18.4 Å². The van der Waals surface area contributed by atoms with Crippen LogP contribution in [0.3, 0.4) is 0 Å². The third kappa shape index (κ3) is 5.10. The van der Waals surface area contributed by atoms with Crippen LogP contribution >= 0.6 is 0 Å². The first-order valence-corrected chi connectivity index (χ1v) is 12.7. The lowest BCUT2D eigenvalue weighted by molar-refractivity contribution is -0.122. The molecule has 6 nitrogen and oxygen atoms in total. The molecule has 1 aliphatic heterocycles. The molecule has 9 heteroatoms. The molecule has 0 bridgehead atoms. The van der Waals surface area contributed by atoms with Crippen molar-refractivity contribution in [2.45, 2.75) is 61.3 Å². The molecule has 2 aromatic carbocycles. The average Bonchev–Trinajstić information content (AvgIpc) is 2.73. The zero-order valence-electron chi connectivity index (χ0n) is 18.3. The molecule has 0 spiro atoms. The van der Waals surface area contributed by atoms with Crippen LogP contribution in [0, 0.1) is 11.6 Å². The number of nitrogens with one attached hydrogen (secondary N) is 2. The molecule has 3 atom stereocenters. The van der Waals surface area contributed by atoms with Crippen molar-refractivity contribution in [3.8, 4) is 0 Å². The molecule has 4 rings (SSSR count). The zero-order valence-corrected chi connectivity index (χ0v) is 19.1. The second-order valence-corrected chi connectivity index (χ2v) is 11.4. The molecular formula is C24H28F2N2O4S. The molecule has 1 unspecified atom stereocenters. The molecule has 1 saturated carbocycles. The maximum Gasteiger partial charge on any atom is 0.224 e. The Balaban J connectivity index is 1.50. The summed E-state index contributed by atoms with van der Waals surface area (Å²) in [6.45, 7) is 1.99. The van der Waals surface area contributed by atoms with E-state index in [9.17, 15) is 27.1 Å². The van der Waals surface area contributed by atoms with Crippen molar-refractivity contribution in [2.75, 3.05) is 6.54 Å². The van der Waals surface area contributed by atoms with Gasteiger partial charge in [-0.1, -0.05) is 30.3 Å². The Morgan fingerprint density at radius 3 is 2.42 bits per heavy atom. The monoisotopic (exact) mass is 478 g/mol. The minimum Gasteiger partial charge on any atom is -0.393 e. The van der Waals surface area contributed by atoms with Gasteiger partial charge in [0.2, 0.25) is 5.91 Å². The van der Waals surface area contributed by atoms with Gasteiger partial charge in [-0.3, -0.25) is 4.79 Å². The van der Waals surface area contributed by atoms with Crippen LogP contribution in [-0.4, -0.2) is 49.4 Å². The number of halogens is 2. The van der Waals surface area contributed by atoms with Gasteiger partial charge in [-0.25, -0.2) is 17.2 Å². The lowest BCUT2D eigenvalue weighted by Crippen LogP contribution is -2.53. The quantitative estimate of drug-likeness (QED) is 0.592. The van der Waals surface area contributed by atoms with E-state index in [1.807, 2.05) is 6.07 Å². The number of carbonyl (C=O) groups excluding carboxylic acids is 1. The summed E-state index contributed by atoms with van der Waals surface area (Å²) in [6, 6.07) is 10.2. The predicted octanol–water partition coefficient (Wildman–Crippen LogP) is 2.21. The summed E-state index contributed by atoms with van der Waals surface area (Å²) in [5.74, 6) is -1.93. The molecule has 0 aromatic heterocycles. The van der Waals surface area contributed by atoms with Crippen molar-refractivity contribution >= 4 is 15.7 Å². The second kappa shape index (κ2) is 9.48.